The Hall–Kier alpha value is -2.91. The number of aromatic nitrogens is 3. The summed E-state index contributed by atoms with van der Waals surface area (Å²) in [5.41, 5.74) is -0.675. The maximum atomic E-state index is 13.1. The number of amides is 1. The molecule has 27 heavy (non-hydrogen) atoms. The van der Waals surface area contributed by atoms with Gasteiger partial charge in [0.05, 0.1) is 0 Å². The van der Waals surface area contributed by atoms with E-state index in [2.05, 4.69) is 20.3 Å². The molecule has 1 amide bonds. The van der Waals surface area contributed by atoms with Gasteiger partial charge in [-0.15, -0.1) is 0 Å². The maximum Gasteiger partial charge on any atom is 0.433 e. The highest BCUT2D eigenvalue weighted by molar-refractivity contribution is 5.92. The van der Waals surface area contributed by atoms with Gasteiger partial charge < -0.3 is 15.1 Å². The fourth-order valence-corrected chi connectivity index (χ4v) is 2.77. The lowest BCUT2D eigenvalue weighted by Gasteiger charge is -2.19. The van der Waals surface area contributed by atoms with E-state index in [9.17, 15) is 18.0 Å². The van der Waals surface area contributed by atoms with Gasteiger partial charge in [0.25, 0.3) is 5.91 Å². The summed E-state index contributed by atoms with van der Waals surface area (Å²) in [5, 5.41) is 2.92. The molecule has 1 N–H and O–H groups in total. The van der Waals surface area contributed by atoms with Crippen LogP contribution in [0.15, 0.2) is 30.5 Å². The van der Waals surface area contributed by atoms with Crippen molar-refractivity contribution in [2.45, 2.75) is 18.6 Å². The van der Waals surface area contributed by atoms with Crippen LogP contribution in [0.2, 0.25) is 0 Å². The Balaban J connectivity index is 1.73. The second kappa shape index (κ2) is 7.37. The third-order valence-electron chi connectivity index (χ3n) is 4.15. The summed E-state index contributed by atoms with van der Waals surface area (Å²) in [6, 6.07) is 5.74. The van der Waals surface area contributed by atoms with E-state index in [1.165, 1.54) is 11.1 Å². The van der Waals surface area contributed by atoms with Crippen molar-refractivity contribution in [1.29, 1.82) is 0 Å². The third-order valence-corrected chi connectivity index (χ3v) is 4.15. The summed E-state index contributed by atoms with van der Waals surface area (Å²) in [6.07, 6.45) is -2.45. The van der Waals surface area contributed by atoms with E-state index >= 15 is 0 Å². The molecule has 144 valence electrons. The van der Waals surface area contributed by atoms with Gasteiger partial charge in [0.2, 0.25) is 5.95 Å². The number of pyridine rings is 1. The Labute approximate surface area is 154 Å². The Morgan fingerprint density at radius 2 is 2.07 bits per heavy atom. The van der Waals surface area contributed by atoms with Gasteiger partial charge in [-0.1, -0.05) is 6.07 Å². The minimum atomic E-state index is -4.57. The average molecular weight is 380 g/mol. The topological polar surface area (TPSA) is 74.2 Å². The van der Waals surface area contributed by atoms with E-state index in [0.717, 1.165) is 6.07 Å². The zero-order valence-corrected chi connectivity index (χ0v) is 14.9. The fourth-order valence-electron chi connectivity index (χ4n) is 2.77. The van der Waals surface area contributed by atoms with Crippen LogP contribution < -0.4 is 10.2 Å². The number of nitrogens with one attached hydrogen (secondary N) is 1. The number of alkyl halides is 3. The predicted octanol–water partition coefficient (Wildman–Crippen LogP) is 2.28. The Kier molecular flexibility index (Phi) is 5.15. The number of rotatable bonds is 4. The summed E-state index contributed by atoms with van der Waals surface area (Å²) in [7, 11) is 3.21. The molecule has 3 rings (SSSR count). The van der Waals surface area contributed by atoms with Gasteiger partial charge in [0, 0.05) is 45.5 Å². The molecular formula is C17H19F3N6O. The molecule has 1 fully saturated rings. The molecule has 0 spiro atoms. The summed E-state index contributed by atoms with van der Waals surface area (Å²) < 4.78 is 39.3. The van der Waals surface area contributed by atoms with Gasteiger partial charge in [-0.25, -0.2) is 4.98 Å². The van der Waals surface area contributed by atoms with Gasteiger partial charge in [-0.3, -0.25) is 9.78 Å². The normalized spacial score (nSPS) is 17.1. The molecule has 2 aromatic rings. The van der Waals surface area contributed by atoms with Crippen LogP contribution in [0.3, 0.4) is 0 Å². The van der Waals surface area contributed by atoms with Crippen molar-refractivity contribution in [3.05, 3.63) is 41.9 Å². The van der Waals surface area contributed by atoms with Gasteiger partial charge in [0.1, 0.15) is 11.5 Å². The Morgan fingerprint density at radius 1 is 1.30 bits per heavy atom. The van der Waals surface area contributed by atoms with Gasteiger partial charge in [0.15, 0.2) is 5.69 Å². The van der Waals surface area contributed by atoms with Crippen molar-refractivity contribution < 1.29 is 18.0 Å². The third kappa shape index (κ3) is 4.44. The van der Waals surface area contributed by atoms with E-state index in [1.807, 2.05) is 0 Å². The quantitative estimate of drug-likeness (QED) is 0.877. The number of likely N-dealkylation sites (tertiary alicyclic amines) is 1. The van der Waals surface area contributed by atoms with Crippen LogP contribution in [0.1, 0.15) is 22.6 Å². The first-order valence-corrected chi connectivity index (χ1v) is 8.34. The molecule has 1 saturated heterocycles. The van der Waals surface area contributed by atoms with Crippen LogP contribution in [0, 0.1) is 0 Å². The monoisotopic (exact) mass is 380 g/mol. The molecule has 1 unspecified atom stereocenters. The van der Waals surface area contributed by atoms with Crippen molar-refractivity contribution in [3.63, 3.8) is 0 Å². The zero-order valence-electron chi connectivity index (χ0n) is 14.9. The number of halogens is 3. The van der Waals surface area contributed by atoms with Crippen LogP contribution in [0.25, 0.3) is 0 Å². The molecular weight excluding hydrogens is 361 g/mol. The van der Waals surface area contributed by atoms with Crippen molar-refractivity contribution in [3.8, 4) is 0 Å². The average Bonchev–Trinajstić information content (AvgIpc) is 3.09. The highest BCUT2D eigenvalue weighted by Gasteiger charge is 2.34. The summed E-state index contributed by atoms with van der Waals surface area (Å²) in [6.45, 7) is 0.818. The number of hydrogen-bond donors (Lipinski definition) is 1. The van der Waals surface area contributed by atoms with E-state index in [4.69, 9.17) is 0 Å². The van der Waals surface area contributed by atoms with Gasteiger partial charge >= 0.3 is 6.18 Å². The molecule has 0 saturated carbocycles. The first-order valence-electron chi connectivity index (χ1n) is 8.34. The zero-order chi connectivity index (χ0) is 19.6. The van der Waals surface area contributed by atoms with Crippen LogP contribution >= 0.6 is 0 Å². The largest absolute Gasteiger partial charge is 0.433 e. The minimum absolute atomic E-state index is 0.106. The van der Waals surface area contributed by atoms with Crippen LogP contribution in [-0.2, 0) is 6.18 Å². The highest BCUT2D eigenvalue weighted by atomic mass is 19.4. The van der Waals surface area contributed by atoms with Crippen molar-refractivity contribution >= 4 is 17.7 Å². The molecule has 2 aromatic heterocycles. The molecule has 1 atom stereocenters. The van der Waals surface area contributed by atoms with Crippen molar-refractivity contribution in [2.24, 2.45) is 0 Å². The summed E-state index contributed by atoms with van der Waals surface area (Å²) in [5.74, 6) is -0.163. The van der Waals surface area contributed by atoms with Crippen LogP contribution in [-0.4, -0.2) is 59.0 Å². The second-order valence-electron chi connectivity index (χ2n) is 6.42. The number of nitrogens with zero attached hydrogens (tertiary/aromatic N) is 5. The Morgan fingerprint density at radius 3 is 2.70 bits per heavy atom. The number of anilines is 2. The first-order chi connectivity index (χ1) is 12.7. The van der Waals surface area contributed by atoms with E-state index in [1.54, 1.807) is 37.2 Å². The summed E-state index contributed by atoms with van der Waals surface area (Å²) in [4.78, 5) is 27.3. The lowest BCUT2D eigenvalue weighted by atomic mass is 10.3. The molecule has 0 bridgehead atoms. The standard InChI is InChI=1S/C17H19F3N6O/c1-25(2)14-9-13(17(18,19)20)23-16(24-14)22-11-6-8-26(10-11)15(27)12-5-3-4-7-21-12/h3-5,7,9,11H,6,8,10H2,1-2H3,(H,22,23,24). The molecule has 10 heteroatoms. The SMILES string of the molecule is CN(C)c1cc(C(F)(F)F)nc(NC2CCN(C(=O)c3ccccn3)C2)n1. The van der Waals surface area contributed by atoms with Gasteiger partial charge in [-0.2, -0.15) is 18.2 Å². The summed E-state index contributed by atoms with van der Waals surface area (Å²) >= 11 is 0. The van der Waals surface area contributed by atoms with Crippen molar-refractivity contribution in [1.82, 2.24) is 19.9 Å². The van der Waals surface area contributed by atoms with Crippen LogP contribution in [0.5, 0.6) is 0 Å². The molecule has 1 aliphatic heterocycles. The minimum Gasteiger partial charge on any atom is -0.363 e. The second-order valence-corrected chi connectivity index (χ2v) is 6.42. The molecule has 0 radical (unpaired) electrons. The number of carbonyl (C=O) groups excluding carboxylic acids is 1. The lowest BCUT2D eigenvalue weighted by molar-refractivity contribution is -0.141. The molecule has 3 heterocycles. The van der Waals surface area contributed by atoms with E-state index < -0.39 is 11.9 Å². The number of hydrogen-bond acceptors (Lipinski definition) is 6. The molecule has 0 aromatic carbocycles. The van der Waals surface area contributed by atoms with E-state index in [0.29, 0.717) is 25.2 Å². The molecule has 7 nitrogen and oxygen atoms in total. The highest BCUT2D eigenvalue weighted by Crippen LogP contribution is 2.30. The predicted molar refractivity (Wildman–Crippen MR) is 93.5 cm³/mol. The number of carbonyl (C=O) groups is 1. The molecule has 0 aliphatic carbocycles. The smallest absolute Gasteiger partial charge is 0.363 e. The van der Waals surface area contributed by atoms with E-state index in [-0.39, 0.29) is 23.7 Å². The fraction of sp³-hybridized carbons (Fsp3) is 0.412. The van der Waals surface area contributed by atoms with Crippen LogP contribution in [0.4, 0.5) is 24.9 Å². The first kappa shape index (κ1) is 18.9. The van der Waals surface area contributed by atoms with Gasteiger partial charge in [-0.05, 0) is 18.6 Å². The van der Waals surface area contributed by atoms with Crippen molar-refractivity contribution in [2.75, 3.05) is 37.4 Å². The molecule has 1 aliphatic rings. The Bertz CT molecular complexity index is 812. The lowest BCUT2D eigenvalue weighted by Crippen LogP contribution is -2.32. The maximum absolute atomic E-state index is 13.1.